The van der Waals surface area contributed by atoms with Gasteiger partial charge in [-0.1, -0.05) is 18.2 Å². The molecular weight excluding hydrogens is 344 g/mol. The molecule has 0 amide bonds. The topological polar surface area (TPSA) is 78.3 Å². The largest absolute Gasteiger partial charge is 0.383 e. The molecule has 0 unspecified atom stereocenters. The fourth-order valence-electron chi connectivity index (χ4n) is 3.48. The third-order valence-electron chi connectivity index (χ3n) is 5.05. The fourth-order valence-corrected chi connectivity index (χ4v) is 3.48. The van der Waals surface area contributed by atoms with Crippen LogP contribution in [0.4, 0.5) is 5.69 Å². The van der Waals surface area contributed by atoms with E-state index in [4.69, 9.17) is 0 Å². The number of imidazole rings is 2. The van der Waals surface area contributed by atoms with E-state index in [0.717, 1.165) is 22.5 Å². The van der Waals surface area contributed by atoms with Crippen molar-refractivity contribution in [1.82, 2.24) is 23.1 Å². The maximum atomic E-state index is 12.6. The minimum absolute atomic E-state index is 0.337. The van der Waals surface area contributed by atoms with Gasteiger partial charge >= 0.3 is 5.69 Å². The molecule has 0 aliphatic rings. The third-order valence-corrected chi connectivity index (χ3v) is 5.05. The minimum Gasteiger partial charge on any atom is -0.383 e. The number of rotatable bonds is 4. The van der Waals surface area contributed by atoms with Gasteiger partial charge in [0.2, 0.25) is 5.78 Å². The van der Waals surface area contributed by atoms with Gasteiger partial charge in [-0.15, -0.1) is 0 Å². The molecule has 4 rings (SSSR count). The number of hydrogen-bond acceptors (Lipinski definition) is 4. The smallest absolute Gasteiger partial charge is 0.332 e. The fraction of sp³-hybridized carbons (Fsp3) is 0.316. The summed E-state index contributed by atoms with van der Waals surface area (Å²) in [4.78, 5) is 29.4. The van der Waals surface area contributed by atoms with Gasteiger partial charge in [0.05, 0.1) is 0 Å². The molecule has 0 bridgehead atoms. The molecule has 0 atom stereocenters. The number of benzene rings is 1. The highest BCUT2D eigenvalue weighted by atomic mass is 16.2. The third kappa shape index (κ3) is 2.56. The number of aryl methyl sites for hydroxylation is 3. The van der Waals surface area contributed by atoms with Crippen molar-refractivity contribution in [2.45, 2.75) is 20.4 Å². The number of nitrogens with one attached hydrogen (secondary N) is 1. The number of para-hydroxylation sites is 1. The SMILES string of the molecule is Cc1ccccc1NCCn1c(C)cn2c3c(=O)n(C)c(=O)n(C)c3nc12. The van der Waals surface area contributed by atoms with Crippen LogP contribution in [0.25, 0.3) is 16.9 Å². The zero-order chi connectivity index (χ0) is 19.3. The lowest BCUT2D eigenvalue weighted by molar-refractivity contribution is 0.706. The van der Waals surface area contributed by atoms with Crippen LogP contribution in [-0.4, -0.2) is 29.6 Å². The van der Waals surface area contributed by atoms with Gasteiger partial charge < -0.3 is 9.88 Å². The summed E-state index contributed by atoms with van der Waals surface area (Å²) in [6.45, 7) is 5.46. The highest BCUT2D eigenvalue weighted by molar-refractivity contribution is 5.75. The quantitative estimate of drug-likeness (QED) is 0.592. The van der Waals surface area contributed by atoms with Gasteiger partial charge in [-0.05, 0) is 25.5 Å². The van der Waals surface area contributed by atoms with Crippen molar-refractivity contribution in [2.75, 3.05) is 11.9 Å². The van der Waals surface area contributed by atoms with E-state index < -0.39 is 0 Å². The monoisotopic (exact) mass is 366 g/mol. The molecule has 140 valence electrons. The molecule has 1 aromatic carbocycles. The first-order chi connectivity index (χ1) is 12.9. The first-order valence-electron chi connectivity index (χ1n) is 8.83. The Hall–Kier alpha value is -3.29. The molecule has 8 nitrogen and oxygen atoms in total. The second-order valence-electron chi connectivity index (χ2n) is 6.82. The molecule has 4 aromatic rings. The Morgan fingerprint density at radius 3 is 2.56 bits per heavy atom. The maximum absolute atomic E-state index is 12.6. The van der Waals surface area contributed by atoms with Crippen LogP contribution in [0.5, 0.6) is 0 Å². The number of nitrogens with zero attached hydrogens (tertiary/aromatic N) is 5. The van der Waals surface area contributed by atoms with Gasteiger partial charge in [-0.25, -0.2) is 4.79 Å². The van der Waals surface area contributed by atoms with Crippen LogP contribution in [0.3, 0.4) is 0 Å². The number of fused-ring (bicyclic) bond motifs is 3. The summed E-state index contributed by atoms with van der Waals surface area (Å²) in [5.41, 5.74) is 3.40. The molecule has 0 radical (unpaired) electrons. The van der Waals surface area contributed by atoms with Gasteiger partial charge in [-0.3, -0.25) is 18.3 Å². The average Bonchev–Trinajstić information content (AvgIpc) is 3.15. The standard InChI is InChI=1S/C19H22N6O2/c1-12-7-5-6-8-14(12)20-9-10-24-13(2)11-25-15-16(21-18(24)25)22(3)19(27)23(4)17(15)26/h5-8,11,20H,9-10H2,1-4H3. The second-order valence-corrected chi connectivity index (χ2v) is 6.82. The van der Waals surface area contributed by atoms with Crippen LogP contribution < -0.4 is 16.6 Å². The normalized spacial score (nSPS) is 11.6. The van der Waals surface area contributed by atoms with Gasteiger partial charge in [-0.2, -0.15) is 4.98 Å². The zero-order valence-corrected chi connectivity index (χ0v) is 15.9. The molecule has 27 heavy (non-hydrogen) atoms. The van der Waals surface area contributed by atoms with Gasteiger partial charge in [0, 0.05) is 44.8 Å². The summed E-state index contributed by atoms with van der Waals surface area (Å²) in [7, 11) is 3.12. The lowest BCUT2D eigenvalue weighted by atomic mass is 10.2. The van der Waals surface area contributed by atoms with Crippen molar-refractivity contribution in [3.8, 4) is 0 Å². The minimum atomic E-state index is -0.377. The van der Waals surface area contributed by atoms with Gasteiger partial charge in [0.25, 0.3) is 5.56 Å². The number of aromatic nitrogens is 5. The molecule has 0 aliphatic carbocycles. The van der Waals surface area contributed by atoms with E-state index in [1.54, 1.807) is 11.4 Å². The molecular formula is C19H22N6O2. The Balaban J connectivity index is 1.76. The summed E-state index contributed by atoms with van der Waals surface area (Å²) in [5.74, 6) is 0.660. The van der Waals surface area contributed by atoms with E-state index in [-0.39, 0.29) is 11.2 Å². The molecule has 0 fully saturated rings. The summed E-state index contributed by atoms with van der Waals surface area (Å²) < 4.78 is 6.35. The van der Waals surface area contributed by atoms with E-state index in [9.17, 15) is 9.59 Å². The van der Waals surface area contributed by atoms with Gasteiger partial charge in [0.15, 0.2) is 11.2 Å². The van der Waals surface area contributed by atoms with E-state index in [1.807, 2.05) is 25.3 Å². The van der Waals surface area contributed by atoms with Crippen LogP contribution in [-0.2, 0) is 20.6 Å². The summed E-state index contributed by atoms with van der Waals surface area (Å²) in [5, 5.41) is 3.44. The Labute approximate surface area is 155 Å². The van der Waals surface area contributed by atoms with Crippen molar-refractivity contribution in [3.63, 3.8) is 0 Å². The van der Waals surface area contributed by atoms with E-state index in [1.165, 1.54) is 17.2 Å². The van der Waals surface area contributed by atoms with E-state index in [0.29, 0.717) is 23.5 Å². The first-order valence-corrected chi connectivity index (χ1v) is 8.83. The molecule has 0 saturated heterocycles. The molecule has 0 spiro atoms. The lowest BCUT2D eigenvalue weighted by Gasteiger charge is -2.10. The van der Waals surface area contributed by atoms with Crippen molar-refractivity contribution in [2.24, 2.45) is 14.1 Å². The molecule has 3 heterocycles. The van der Waals surface area contributed by atoms with Crippen molar-refractivity contribution in [1.29, 1.82) is 0 Å². The molecule has 8 heteroatoms. The average molecular weight is 366 g/mol. The Morgan fingerprint density at radius 1 is 1.07 bits per heavy atom. The molecule has 3 aromatic heterocycles. The van der Waals surface area contributed by atoms with Crippen LogP contribution in [0, 0.1) is 13.8 Å². The lowest BCUT2D eigenvalue weighted by Crippen LogP contribution is -2.37. The van der Waals surface area contributed by atoms with Gasteiger partial charge in [0.1, 0.15) is 0 Å². The van der Waals surface area contributed by atoms with Crippen LogP contribution in [0.15, 0.2) is 40.1 Å². The van der Waals surface area contributed by atoms with Crippen LogP contribution in [0.1, 0.15) is 11.3 Å². The van der Waals surface area contributed by atoms with Crippen LogP contribution >= 0.6 is 0 Å². The first kappa shape index (κ1) is 17.1. The van der Waals surface area contributed by atoms with E-state index >= 15 is 0 Å². The van der Waals surface area contributed by atoms with E-state index in [2.05, 4.69) is 33.9 Å². The highest BCUT2D eigenvalue weighted by Crippen LogP contribution is 2.17. The Morgan fingerprint density at radius 2 is 1.81 bits per heavy atom. The zero-order valence-electron chi connectivity index (χ0n) is 15.9. The Bertz CT molecular complexity index is 1290. The number of anilines is 1. The summed E-state index contributed by atoms with van der Waals surface area (Å²) >= 11 is 0. The highest BCUT2D eigenvalue weighted by Gasteiger charge is 2.18. The number of hydrogen-bond donors (Lipinski definition) is 1. The van der Waals surface area contributed by atoms with Crippen LogP contribution in [0.2, 0.25) is 0 Å². The molecule has 0 aliphatic heterocycles. The van der Waals surface area contributed by atoms with Crippen molar-refractivity contribution < 1.29 is 0 Å². The second kappa shape index (κ2) is 6.15. The molecule has 0 saturated carbocycles. The maximum Gasteiger partial charge on any atom is 0.332 e. The Kier molecular flexibility index (Phi) is 3.91. The molecule has 1 N–H and O–H groups in total. The summed E-state index contributed by atoms with van der Waals surface area (Å²) in [6, 6.07) is 8.14. The van der Waals surface area contributed by atoms with Crippen molar-refractivity contribution >= 4 is 22.6 Å². The van der Waals surface area contributed by atoms with Crippen molar-refractivity contribution in [3.05, 3.63) is 62.6 Å². The predicted octanol–water partition coefficient (Wildman–Crippen LogP) is 1.42. The predicted molar refractivity (Wildman–Crippen MR) is 106 cm³/mol. The summed E-state index contributed by atoms with van der Waals surface area (Å²) in [6.07, 6.45) is 1.89.